The third kappa shape index (κ3) is 4.87. The first kappa shape index (κ1) is 22.5. The Hall–Kier alpha value is -3.74. The fourth-order valence-electron chi connectivity index (χ4n) is 4.12. The van der Waals surface area contributed by atoms with Gasteiger partial charge in [-0.15, -0.1) is 0 Å². The van der Waals surface area contributed by atoms with Crippen LogP contribution in [-0.2, 0) is 22.5 Å². The zero-order valence-corrected chi connectivity index (χ0v) is 18.4. The molecule has 0 aliphatic heterocycles. The van der Waals surface area contributed by atoms with Gasteiger partial charge in [-0.2, -0.15) is 5.26 Å². The Morgan fingerprint density at radius 2 is 2.06 bits per heavy atom. The highest BCUT2D eigenvalue weighted by Crippen LogP contribution is 2.41. The van der Waals surface area contributed by atoms with Crippen LogP contribution in [0.4, 0.5) is 5.69 Å². The Balaban J connectivity index is 1.66. The van der Waals surface area contributed by atoms with E-state index in [0.717, 1.165) is 23.1 Å². The van der Waals surface area contributed by atoms with E-state index in [4.69, 9.17) is 15.1 Å². The van der Waals surface area contributed by atoms with Gasteiger partial charge in [0.15, 0.2) is 6.61 Å². The Kier molecular flexibility index (Phi) is 6.68. The highest BCUT2D eigenvalue weighted by Gasteiger charge is 2.31. The van der Waals surface area contributed by atoms with Crippen molar-refractivity contribution in [1.82, 2.24) is 4.98 Å². The predicted octanol–water partition coefficient (Wildman–Crippen LogP) is 4.10. The number of carboxylic acid groups (broad SMARTS) is 1. The zero-order valence-electron chi connectivity index (χ0n) is 17.5. The van der Waals surface area contributed by atoms with Gasteiger partial charge < -0.3 is 9.84 Å². The number of ether oxygens (including phenoxy) is 1. The van der Waals surface area contributed by atoms with Crippen molar-refractivity contribution in [2.75, 3.05) is 10.9 Å². The lowest BCUT2D eigenvalue weighted by Crippen LogP contribution is -2.33. The van der Waals surface area contributed by atoms with Crippen molar-refractivity contribution < 1.29 is 23.4 Å². The molecular weight excluding hydrogens is 442 g/mol. The van der Waals surface area contributed by atoms with Crippen LogP contribution in [0.15, 0.2) is 60.8 Å². The first-order valence-electron chi connectivity index (χ1n) is 10.3. The largest absolute Gasteiger partial charge is 0.482 e. The van der Waals surface area contributed by atoms with Gasteiger partial charge in [-0.25, -0.2) is 9.00 Å². The Morgan fingerprint density at radius 1 is 1.24 bits per heavy atom. The number of nitriles is 1. The van der Waals surface area contributed by atoms with Crippen molar-refractivity contribution in [3.8, 4) is 23.1 Å². The molecule has 0 bridgehead atoms. The second-order valence-corrected chi connectivity index (χ2v) is 8.42. The molecule has 33 heavy (non-hydrogen) atoms. The van der Waals surface area contributed by atoms with Gasteiger partial charge in [0.25, 0.3) is 11.3 Å². The van der Waals surface area contributed by atoms with E-state index in [1.165, 1.54) is 4.31 Å². The van der Waals surface area contributed by atoms with Crippen LogP contribution in [0.2, 0.25) is 0 Å². The average Bonchev–Trinajstić information content (AvgIpc) is 2.83. The number of benzene rings is 2. The molecule has 0 amide bonds. The topological polar surface area (TPSA) is 124 Å². The van der Waals surface area contributed by atoms with E-state index in [1.54, 1.807) is 48.7 Å². The number of aromatic nitrogens is 1. The van der Waals surface area contributed by atoms with Crippen LogP contribution in [0.3, 0.4) is 0 Å². The molecule has 0 fully saturated rings. The third-order valence-electron chi connectivity index (χ3n) is 5.52. The fourth-order valence-corrected chi connectivity index (χ4v) is 4.85. The number of rotatable bonds is 7. The summed E-state index contributed by atoms with van der Waals surface area (Å²) in [7, 11) is 0. The summed E-state index contributed by atoms with van der Waals surface area (Å²) in [5, 5.41) is 18.1. The SMILES string of the molecule is N#Cc1cccc(-c2ccc(N(C3CCCc4c(OCC(=O)O)cccc43)S(=O)O)cn2)c1. The molecule has 0 spiro atoms. The van der Waals surface area contributed by atoms with Crippen LogP contribution in [0.25, 0.3) is 11.3 Å². The van der Waals surface area contributed by atoms with E-state index in [9.17, 15) is 13.6 Å². The minimum absolute atomic E-state index is 0.400. The van der Waals surface area contributed by atoms with Crippen molar-refractivity contribution in [2.24, 2.45) is 0 Å². The molecule has 2 unspecified atom stereocenters. The molecule has 2 N–H and O–H groups in total. The number of fused-ring (bicyclic) bond motifs is 1. The number of hydrogen-bond acceptors (Lipinski definition) is 5. The third-order valence-corrected chi connectivity index (χ3v) is 6.33. The molecule has 0 saturated heterocycles. The molecule has 3 aromatic rings. The first-order valence-corrected chi connectivity index (χ1v) is 11.4. The summed E-state index contributed by atoms with van der Waals surface area (Å²) >= 11 is -2.32. The van der Waals surface area contributed by atoms with Crippen LogP contribution in [-0.4, -0.2) is 31.4 Å². The zero-order chi connectivity index (χ0) is 23.4. The fraction of sp³-hybridized carbons (Fsp3) is 0.208. The Labute approximate surface area is 193 Å². The highest BCUT2D eigenvalue weighted by molar-refractivity contribution is 7.80. The minimum Gasteiger partial charge on any atom is -0.482 e. The number of aliphatic carboxylic acids is 1. The molecule has 9 heteroatoms. The van der Waals surface area contributed by atoms with Crippen LogP contribution in [0.1, 0.15) is 35.6 Å². The van der Waals surface area contributed by atoms with Gasteiger partial charge in [0, 0.05) is 5.56 Å². The molecule has 1 aromatic heterocycles. The molecule has 1 aliphatic carbocycles. The van der Waals surface area contributed by atoms with Crippen LogP contribution >= 0.6 is 0 Å². The second kappa shape index (κ2) is 9.81. The van der Waals surface area contributed by atoms with Crippen LogP contribution in [0.5, 0.6) is 5.75 Å². The standard InChI is InChI=1S/C24H21N3O5S/c25-13-16-4-1-5-17(12-16)21-11-10-18(14-26-21)27(33(30)31)22-8-2-7-20-19(22)6-3-9-23(20)32-15-24(28)29/h1,3-6,9-12,14,22H,2,7-8,15H2,(H,28,29)(H,30,31). The molecule has 2 aromatic carbocycles. The van der Waals surface area contributed by atoms with E-state index in [2.05, 4.69) is 11.1 Å². The lowest BCUT2D eigenvalue weighted by Gasteiger charge is -2.34. The van der Waals surface area contributed by atoms with E-state index in [0.29, 0.717) is 35.5 Å². The monoisotopic (exact) mass is 463 g/mol. The summed E-state index contributed by atoms with van der Waals surface area (Å²) in [5.74, 6) is -0.585. The highest BCUT2D eigenvalue weighted by atomic mass is 32.2. The van der Waals surface area contributed by atoms with Crippen molar-refractivity contribution >= 4 is 22.9 Å². The molecule has 168 valence electrons. The van der Waals surface area contributed by atoms with Gasteiger partial charge in [0.05, 0.1) is 35.3 Å². The van der Waals surface area contributed by atoms with E-state index in [1.807, 2.05) is 12.1 Å². The lowest BCUT2D eigenvalue weighted by atomic mass is 9.87. The summed E-state index contributed by atoms with van der Waals surface area (Å²) in [5.41, 5.74) is 4.11. The summed E-state index contributed by atoms with van der Waals surface area (Å²) in [6.45, 7) is -0.449. The number of nitrogens with zero attached hydrogens (tertiary/aromatic N) is 3. The van der Waals surface area contributed by atoms with Crippen LogP contribution < -0.4 is 9.04 Å². The maximum Gasteiger partial charge on any atom is 0.341 e. The molecule has 4 rings (SSSR count). The normalized spacial score (nSPS) is 15.7. The van der Waals surface area contributed by atoms with Gasteiger partial charge in [0.1, 0.15) is 5.75 Å². The average molecular weight is 464 g/mol. The summed E-state index contributed by atoms with van der Waals surface area (Å²) in [6.07, 6.45) is 3.64. The number of pyridine rings is 1. The lowest BCUT2D eigenvalue weighted by molar-refractivity contribution is -0.139. The van der Waals surface area contributed by atoms with E-state index in [-0.39, 0.29) is 0 Å². The molecule has 0 saturated carbocycles. The van der Waals surface area contributed by atoms with Gasteiger partial charge in [-0.05, 0) is 60.7 Å². The number of anilines is 1. The summed E-state index contributed by atoms with van der Waals surface area (Å²) < 4.78 is 29.4. The maximum absolute atomic E-state index is 12.4. The quantitative estimate of drug-likeness (QED) is 0.506. The Morgan fingerprint density at radius 3 is 2.76 bits per heavy atom. The van der Waals surface area contributed by atoms with Crippen molar-refractivity contribution in [1.29, 1.82) is 5.26 Å². The van der Waals surface area contributed by atoms with E-state index < -0.39 is 29.9 Å². The van der Waals surface area contributed by atoms with Crippen molar-refractivity contribution in [3.63, 3.8) is 0 Å². The molecule has 1 heterocycles. The Bertz CT molecular complexity index is 1240. The first-order chi connectivity index (χ1) is 16.0. The van der Waals surface area contributed by atoms with Gasteiger partial charge >= 0.3 is 5.97 Å². The van der Waals surface area contributed by atoms with Gasteiger partial charge in [0.2, 0.25) is 0 Å². The smallest absolute Gasteiger partial charge is 0.341 e. The molecule has 8 nitrogen and oxygen atoms in total. The van der Waals surface area contributed by atoms with Crippen molar-refractivity contribution in [2.45, 2.75) is 25.3 Å². The molecule has 2 atom stereocenters. The maximum atomic E-state index is 12.4. The minimum atomic E-state index is -2.32. The predicted molar refractivity (Wildman–Crippen MR) is 123 cm³/mol. The van der Waals surface area contributed by atoms with Gasteiger partial charge in [-0.3, -0.25) is 13.8 Å². The molecule has 1 aliphatic rings. The van der Waals surface area contributed by atoms with Crippen LogP contribution in [0, 0.1) is 11.3 Å². The molecule has 0 radical (unpaired) electrons. The van der Waals surface area contributed by atoms with Gasteiger partial charge in [-0.1, -0.05) is 24.3 Å². The van der Waals surface area contributed by atoms with E-state index >= 15 is 0 Å². The number of carboxylic acids is 1. The number of carbonyl (C=O) groups is 1. The second-order valence-electron chi connectivity index (χ2n) is 7.57. The number of hydrogen-bond donors (Lipinski definition) is 2. The summed E-state index contributed by atoms with van der Waals surface area (Å²) in [6, 6.07) is 17.6. The van der Waals surface area contributed by atoms with Crippen molar-refractivity contribution in [3.05, 3.63) is 77.5 Å². The summed E-state index contributed by atoms with van der Waals surface area (Å²) in [4.78, 5) is 15.4. The molecular formula is C24H21N3O5S.